The first-order valence-electron chi connectivity index (χ1n) is 5.29. The van der Waals surface area contributed by atoms with Gasteiger partial charge in [-0.15, -0.1) is 0 Å². The van der Waals surface area contributed by atoms with Gasteiger partial charge in [0.1, 0.15) is 5.82 Å². The predicted octanol–water partition coefficient (Wildman–Crippen LogP) is 4.78. The summed E-state index contributed by atoms with van der Waals surface area (Å²) in [6.07, 6.45) is 1.78. The molecule has 2 aromatic rings. The molecule has 0 saturated heterocycles. The highest BCUT2D eigenvalue weighted by molar-refractivity contribution is 9.11. The van der Waals surface area contributed by atoms with Gasteiger partial charge in [-0.25, -0.2) is 4.98 Å². The molecule has 0 radical (unpaired) electrons. The smallest absolute Gasteiger partial charge is 0.140 e. The van der Waals surface area contributed by atoms with Crippen molar-refractivity contribution in [1.82, 2.24) is 4.98 Å². The van der Waals surface area contributed by atoms with E-state index in [2.05, 4.69) is 61.2 Å². The van der Waals surface area contributed by atoms with E-state index in [4.69, 9.17) is 0 Å². The van der Waals surface area contributed by atoms with E-state index < -0.39 is 0 Å². The lowest BCUT2D eigenvalue weighted by Gasteiger charge is -2.15. The van der Waals surface area contributed by atoms with Gasteiger partial charge in [-0.1, -0.05) is 30.3 Å². The summed E-state index contributed by atoms with van der Waals surface area (Å²) in [4.78, 5) is 4.34. The van der Waals surface area contributed by atoms with Crippen molar-refractivity contribution in [2.24, 2.45) is 0 Å². The topological polar surface area (TPSA) is 24.9 Å². The third-order valence-electron chi connectivity index (χ3n) is 2.46. The fraction of sp³-hybridized carbons (Fsp3) is 0.154. The van der Waals surface area contributed by atoms with Crippen LogP contribution in [0.5, 0.6) is 0 Å². The van der Waals surface area contributed by atoms with Crippen molar-refractivity contribution in [3.05, 3.63) is 57.1 Å². The van der Waals surface area contributed by atoms with Crippen LogP contribution < -0.4 is 5.32 Å². The van der Waals surface area contributed by atoms with Gasteiger partial charge in [-0.3, -0.25) is 0 Å². The number of hydrogen-bond donors (Lipinski definition) is 1. The summed E-state index contributed by atoms with van der Waals surface area (Å²) >= 11 is 6.88. The van der Waals surface area contributed by atoms with Gasteiger partial charge in [0, 0.05) is 16.7 Å². The van der Waals surface area contributed by atoms with E-state index in [1.54, 1.807) is 6.20 Å². The van der Waals surface area contributed by atoms with E-state index in [1.165, 1.54) is 5.56 Å². The second-order valence-electron chi connectivity index (χ2n) is 3.76. The summed E-state index contributed by atoms with van der Waals surface area (Å²) in [7, 11) is 0. The van der Waals surface area contributed by atoms with Gasteiger partial charge in [-0.2, -0.15) is 0 Å². The van der Waals surface area contributed by atoms with E-state index in [1.807, 2.05) is 24.3 Å². The molecule has 0 aliphatic rings. The van der Waals surface area contributed by atoms with Crippen LogP contribution in [-0.2, 0) is 0 Å². The maximum atomic E-state index is 4.34. The van der Waals surface area contributed by atoms with Crippen molar-refractivity contribution in [2.75, 3.05) is 5.32 Å². The summed E-state index contributed by atoms with van der Waals surface area (Å²) in [5.74, 6) is 0.851. The minimum Gasteiger partial charge on any atom is -0.363 e. The Morgan fingerprint density at radius 2 is 1.88 bits per heavy atom. The quantitative estimate of drug-likeness (QED) is 0.856. The zero-order chi connectivity index (χ0) is 12.3. The lowest BCUT2D eigenvalue weighted by Crippen LogP contribution is -2.08. The number of halogens is 2. The molecule has 1 N–H and O–H groups in total. The number of aromatic nitrogens is 1. The zero-order valence-electron chi connectivity index (χ0n) is 9.32. The van der Waals surface area contributed by atoms with Gasteiger partial charge in [0.2, 0.25) is 0 Å². The van der Waals surface area contributed by atoms with Crippen LogP contribution >= 0.6 is 31.9 Å². The highest BCUT2D eigenvalue weighted by atomic mass is 79.9. The number of anilines is 1. The molecule has 0 amide bonds. The van der Waals surface area contributed by atoms with Crippen molar-refractivity contribution in [3.8, 4) is 0 Å². The van der Waals surface area contributed by atoms with Gasteiger partial charge in [-0.05, 0) is 50.4 Å². The third-order valence-corrected chi connectivity index (χ3v) is 3.50. The first-order valence-corrected chi connectivity index (χ1v) is 6.88. The summed E-state index contributed by atoms with van der Waals surface area (Å²) < 4.78 is 1.91. The second kappa shape index (κ2) is 5.65. The van der Waals surface area contributed by atoms with Gasteiger partial charge in [0.25, 0.3) is 0 Å². The molecule has 0 aliphatic carbocycles. The molecule has 2 nitrogen and oxygen atoms in total. The van der Waals surface area contributed by atoms with Crippen molar-refractivity contribution in [2.45, 2.75) is 13.0 Å². The van der Waals surface area contributed by atoms with E-state index in [0.717, 1.165) is 14.8 Å². The van der Waals surface area contributed by atoms with E-state index in [0.29, 0.717) is 0 Å². The van der Waals surface area contributed by atoms with Crippen LogP contribution in [0.4, 0.5) is 5.82 Å². The van der Waals surface area contributed by atoms with Crippen molar-refractivity contribution >= 4 is 37.7 Å². The molecule has 0 spiro atoms. The van der Waals surface area contributed by atoms with Crippen LogP contribution in [0.25, 0.3) is 0 Å². The van der Waals surface area contributed by atoms with E-state index in [9.17, 15) is 0 Å². The summed E-state index contributed by atoms with van der Waals surface area (Å²) in [6, 6.07) is 12.5. The maximum absolute atomic E-state index is 4.34. The number of nitrogens with one attached hydrogen (secondary N) is 1. The van der Waals surface area contributed by atoms with Crippen LogP contribution in [0.1, 0.15) is 18.5 Å². The maximum Gasteiger partial charge on any atom is 0.140 e. The van der Waals surface area contributed by atoms with Gasteiger partial charge >= 0.3 is 0 Å². The fourth-order valence-corrected chi connectivity index (χ4v) is 2.65. The number of benzene rings is 1. The monoisotopic (exact) mass is 354 g/mol. The van der Waals surface area contributed by atoms with Gasteiger partial charge < -0.3 is 5.32 Å². The molecule has 0 bridgehead atoms. The first-order chi connectivity index (χ1) is 8.16. The molecule has 17 heavy (non-hydrogen) atoms. The minimum absolute atomic E-state index is 0.223. The minimum atomic E-state index is 0.223. The molecule has 1 aromatic carbocycles. The highest BCUT2D eigenvalue weighted by Crippen LogP contribution is 2.26. The van der Waals surface area contributed by atoms with Crippen LogP contribution in [0.2, 0.25) is 0 Å². The van der Waals surface area contributed by atoms with Crippen LogP contribution in [0.3, 0.4) is 0 Å². The van der Waals surface area contributed by atoms with E-state index >= 15 is 0 Å². The summed E-state index contributed by atoms with van der Waals surface area (Å²) in [5, 5.41) is 3.37. The molecule has 1 aromatic heterocycles. The largest absolute Gasteiger partial charge is 0.363 e. The van der Waals surface area contributed by atoms with Gasteiger partial charge in [0.15, 0.2) is 0 Å². The number of pyridine rings is 1. The standard InChI is InChI=1S/C13H12Br2N2/c1-9(10-5-3-2-4-6-10)17-13-12(15)7-11(14)8-16-13/h2-9H,1H3,(H,16,17). The molecule has 1 heterocycles. The number of rotatable bonds is 3. The second-order valence-corrected chi connectivity index (χ2v) is 5.53. The third kappa shape index (κ3) is 3.30. The Kier molecular flexibility index (Phi) is 4.18. The molecule has 1 unspecified atom stereocenters. The fourth-order valence-electron chi connectivity index (χ4n) is 1.55. The highest BCUT2D eigenvalue weighted by Gasteiger charge is 2.08. The molecule has 1 atom stereocenters. The Morgan fingerprint density at radius 3 is 2.53 bits per heavy atom. The first kappa shape index (κ1) is 12.6. The van der Waals surface area contributed by atoms with Crippen molar-refractivity contribution in [3.63, 3.8) is 0 Å². The lowest BCUT2D eigenvalue weighted by atomic mass is 10.1. The predicted molar refractivity (Wildman–Crippen MR) is 78.1 cm³/mol. The Hall–Kier alpha value is -0.870. The van der Waals surface area contributed by atoms with Crippen LogP contribution in [0.15, 0.2) is 51.5 Å². The molecule has 0 aliphatic heterocycles. The average Bonchev–Trinajstić information content (AvgIpc) is 2.34. The van der Waals surface area contributed by atoms with E-state index in [-0.39, 0.29) is 6.04 Å². The molecular formula is C13H12Br2N2. The molecule has 0 saturated carbocycles. The Balaban J connectivity index is 2.16. The lowest BCUT2D eigenvalue weighted by molar-refractivity contribution is 0.872. The Morgan fingerprint density at radius 1 is 1.18 bits per heavy atom. The SMILES string of the molecule is CC(Nc1ncc(Br)cc1Br)c1ccccc1. The van der Waals surface area contributed by atoms with Crippen LogP contribution in [-0.4, -0.2) is 4.98 Å². The number of hydrogen-bond acceptors (Lipinski definition) is 2. The molecule has 0 fully saturated rings. The normalized spacial score (nSPS) is 12.2. The summed E-state index contributed by atoms with van der Waals surface area (Å²) in [5.41, 5.74) is 1.24. The molecule has 2 rings (SSSR count). The van der Waals surface area contributed by atoms with Crippen LogP contribution in [0, 0.1) is 0 Å². The molecular weight excluding hydrogens is 344 g/mol. The zero-order valence-corrected chi connectivity index (χ0v) is 12.5. The van der Waals surface area contributed by atoms with Gasteiger partial charge in [0.05, 0.1) is 4.47 Å². The number of nitrogens with zero attached hydrogens (tertiary/aromatic N) is 1. The molecule has 4 heteroatoms. The summed E-state index contributed by atoms with van der Waals surface area (Å²) in [6.45, 7) is 2.12. The molecule has 88 valence electrons. The van der Waals surface area contributed by atoms with Crippen molar-refractivity contribution < 1.29 is 0 Å². The Bertz CT molecular complexity index is 500. The average molecular weight is 356 g/mol. The Labute approximate surface area is 118 Å². The van der Waals surface area contributed by atoms with Crippen molar-refractivity contribution in [1.29, 1.82) is 0 Å².